The third-order valence-electron chi connectivity index (χ3n) is 2.32. The van der Waals surface area contributed by atoms with Crippen LogP contribution in [0.3, 0.4) is 0 Å². The van der Waals surface area contributed by atoms with Crippen molar-refractivity contribution in [3.63, 3.8) is 0 Å². The Morgan fingerprint density at radius 3 is 3.00 bits per heavy atom. The number of hydrogen-bond donors (Lipinski definition) is 2. The molecule has 1 amide bonds. The Hall–Kier alpha value is -1.30. The lowest BCUT2D eigenvalue weighted by Crippen LogP contribution is -2.38. The van der Waals surface area contributed by atoms with Crippen LogP contribution in [0.1, 0.15) is 0 Å². The van der Waals surface area contributed by atoms with Crippen LogP contribution in [0.15, 0.2) is 18.2 Å². The Morgan fingerprint density at radius 2 is 2.35 bits per heavy atom. The number of anilines is 2. The summed E-state index contributed by atoms with van der Waals surface area (Å²) in [5.41, 5.74) is 6.63. The normalized spacial score (nSPS) is 15.4. The van der Waals surface area contributed by atoms with Crippen LogP contribution in [0.25, 0.3) is 0 Å². The average Bonchev–Trinajstić information content (AvgIpc) is 2.21. The van der Waals surface area contributed by atoms with Gasteiger partial charge < -0.3 is 20.5 Å². The Labute approximate surface area is 104 Å². The number of carbonyl (C=O) groups is 1. The summed E-state index contributed by atoms with van der Waals surface area (Å²) in [6.45, 7) is 1.08. The van der Waals surface area contributed by atoms with E-state index >= 15 is 0 Å². The SMILES string of the molecule is Nc1ccc(Cl)c(NC(=O)COC2COC2)c1. The standard InChI is InChI=1S/C11H13ClN2O3/c12-9-2-1-7(13)3-10(9)14-11(15)6-17-8-4-16-5-8/h1-3,8H,4-6,13H2,(H,14,15). The van der Waals surface area contributed by atoms with Crippen molar-refractivity contribution in [3.05, 3.63) is 23.2 Å². The summed E-state index contributed by atoms with van der Waals surface area (Å²) in [5.74, 6) is -0.260. The molecule has 0 bridgehead atoms. The lowest BCUT2D eigenvalue weighted by molar-refractivity contribution is -0.144. The highest BCUT2D eigenvalue weighted by Crippen LogP contribution is 2.23. The van der Waals surface area contributed by atoms with E-state index in [9.17, 15) is 4.79 Å². The van der Waals surface area contributed by atoms with E-state index in [1.54, 1.807) is 18.2 Å². The number of carbonyl (C=O) groups excluding carboxylic acids is 1. The van der Waals surface area contributed by atoms with Gasteiger partial charge in [-0.05, 0) is 18.2 Å². The maximum Gasteiger partial charge on any atom is 0.250 e. The molecule has 0 radical (unpaired) electrons. The van der Waals surface area contributed by atoms with Crippen molar-refractivity contribution in [1.82, 2.24) is 0 Å². The number of amides is 1. The zero-order valence-electron chi connectivity index (χ0n) is 9.11. The third kappa shape index (κ3) is 3.33. The first kappa shape index (κ1) is 12.2. The first-order chi connectivity index (χ1) is 8.15. The molecular weight excluding hydrogens is 244 g/mol. The van der Waals surface area contributed by atoms with Gasteiger partial charge in [0.15, 0.2) is 0 Å². The first-order valence-electron chi connectivity index (χ1n) is 5.19. The summed E-state index contributed by atoms with van der Waals surface area (Å²) in [7, 11) is 0. The van der Waals surface area contributed by atoms with Crippen LogP contribution < -0.4 is 11.1 Å². The van der Waals surface area contributed by atoms with Crippen LogP contribution in [-0.4, -0.2) is 31.8 Å². The van der Waals surface area contributed by atoms with Crippen molar-refractivity contribution in [2.24, 2.45) is 0 Å². The van der Waals surface area contributed by atoms with Gasteiger partial charge in [-0.1, -0.05) is 11.6 Å². The Morgan fingerprint density at radius 1 is 1.59 bits per heavy atom. The van der Waals surface area contributed by atoms with Gasteiger partial charge in [0.25, 0.3) is 0 Å². The molecule has 92 valence electrons. The number of rotatable bonds is 4. The number of nitrogen functional groups attached to an aromatic ring is 1. The molecule has 1 aromatic rings. The fraction of sp³-hybridized carbons (Fsp3) is 0.364. The van der Waals surface area contributed by atoms with Crippen molar-refractivity contribution in [3.8, 4) is 0 Å². The summed E-state index contributed by atoms with van der Waals surface area (Å²) < 4.78 is 10.2. The largest absolute Gasteiger partial charge is 0.399 e. The zero-order valence-corrected chi connectivity index (χ0v) is 9.87. The van der Waals surface area contributed by atoms with Crippen LogP contribution >= 0.6 is 11.6 Å². The first-order valence-corrected chi connectivity index (χ1v) is 5.57. The van der Waals surface area contributed by atoms with Gasteiger partial charge in [0.05, 0.1) is 23.9 Å². The van der Waals surface area contributed by atoms with Gasteiger partial charge in [-0.15, -0.1) is 0 Å². The molecular formula is C11H13ClN2O3. The van der Waals surface area contributed by atoms with Gasteiger partial charge >= 0.3 is 0 Å². The minimum Gasteiger partial charge on any atom is -0.399 e. The lowest BCUT2D eigenvalue weighted by atomic mass is 10.3. The molecule has 1 fully saturated rings. The highest BCUT2D eigenvalue weighted by Gasteiger charge is 2.20. The number of ether oxygens (including phenoxy) is 2. The predicted octanol–water partition coefficient (Wildman–Crippen LogP) is 1.28. The molecule has 0 unspecified atom stereocenters. The highest BCUT2D eigenvalue weighted by molar-refractivity contribution is 6.33. The van der Waals surface area contributed by atoms with Crippen molar-refractivity contribution < 1.29 is 14.3 Å². The van der Waals surface area contributed by atoms with E-state index in [4.69, 9.17) is 26.8 Å². The molecule has 0 spiro atoms. The number of nitrogens with two attached hydrogens (primary N) is 1. The molecule has 1 heterocycles. The minimum atomic E-state index is -0.260. The van der Waals surface area contributed by atoms with E-state index < -0.39 is 0 Å². The topological polar surface area (TPSA) is 73.6 Å². The van der Waals surface area contributed by atoms with E-state index in [2.05, 4.69) is 5.32 Å². The highest BCUT2D eigenvalue weighted by atomic mass is 35.5. The van der Waals surface area contributed by atoms with Gasteiger partial charge in [0.2, 0.25) is 5.91 Å². The van der Waals surface area contributed by atoms with Crippen LogP contribution in [0.4, 0.5) is 11.4 Å². The molecule has 0 aliphatic carbocycles. The molecule has 1 saturated heterocycles. The average molecular weight is 257 g/mol. The Balaban J connectivity index is 1.86. The molecule has 1 aliphatic heterocycles. The van der Waals surface area contributed by atoms with Crippen molar-refractivity contribution in [1.29, 1.82) is 0 Å². The summed E-state index contributed by atoms with van der Waals surface area (Å²) in [4.78, 5) is 11.5. The molecule has 3 N–H and O–H groups in total. The fourth-order valence-corrected chi connectivity index (χ4v) is 1.49. The van der Waals surface area contributed by atoms with E-state index in [0.29, 0.717) is 29.6 Å². The number of hydrogen-bond acceptors (Lipinski definition) is 4. The summed E-state index contributed by atoms with van der Waals surface area (Å²) >= 11 is 5.91. The van der Waals surface area contributed by atoms with Crippen molar-refractivity contribution in [2.75, 3.05) is 30.9 Å². The molecule has 0 saturated carbocycles. The quantitative estimate of drug-likeness (QED) is 0.796. The monoisotopic (exact) mass is 256 g/mol. The molecule has 5 nitrogen and oxygen atoms in total. The second-order valence-corrected chi connectivity index (χ2v) is 4.17. The number of benzene rings is 1. The zero-order chi connectivity index (χ0) is 12.3. The molecule has 17 heavy (non-hydrogen) atoms. The van der Waals surface area contributed by atoms with E-state index in [0.717, 1.165) is 0 Å². The number of nitrogens with one attached hydrogen (secondary N) is 1. The molecule has 1 aliphatic rings. The summed E-state index contributed by atoms with van der Waals surface area (Å²) in [5, 5.41) is 3.08. The summed E-state index contributed by atoms with van der Waals surface area (Å²) in [6.07, 6.45) is 0.0251. The van der Waals surface area contributed by atoms with E-state index in [1.807, 2.05) is 0 Å². The smallest absolute Gasteiger partial charge is 0.250 e. The molecule has 1 aromatic carbocycles. The third-order valence-corrected chi connectivity index (χ3v) is 2.65. The number of halogens is 1. The second-order valence-electron chi connectivity index (χ2n) is 3.76. The van der Waals surface area contributed by atoms with Crippen LogP contribution in [-0.2, 0) is 14.3 Å². The van der Waals surface area contributed by atoms with Crippen LogP contribution in [0.5, 0.6) is 0 Å². The van der Waals surface area contributed by atoms with Gasteiger partial charge in [-0.2, -0.15) is 0 Å². The van der Waals surface area contributed by atoms with Gasteiger partial charge in [-0.3, -0.25) is 4.79 Å². The van der Waals surface area contributed by atoms with E-state index in [-0.39, 0.29) is 18.6 Å². The molecule has 0 atom stereocenters. The molecule has 0 aromatic heterocycles. The molecule has 6 heteroatoms. The van der Waals surface area contributed by atoms with Crippen LogP contribution in [0, 0.1) is 0 Å². The molecule has 2 rings (SSSR count). The Kier molecular flexibility index (Phi) is 3.83. The van der Waals surface area contributed by atoms with Crippen molar-refractivity contribution >= 4 is 28.9 Å². The maximum absolute atomic E-state index is 11.5. The van der Waals surface area contributed by atoms with Gasteiger partial charge in [-0.25, -0.2) is 0 Å². The maximum atomic E-state index is 11.5. The predicted molar refractivity (Wildman–Crippen MR) is 65.1 cm³/mol. The van der Waals surface area contributed by atoms with Gasteiger partial charge in [0.1, 0.15) is 12.7 Å². The fourth-order valence-electron chi connectivity index (χ4n) is 1.33. The minimum absolute atomic E-state index is 0.0147. The van der Waals surface area contributed by atoms with E-state index in [1.165, 1.54) is 0 Å². The lowest BCUT2D eigenvalue weighted by Gasteiger charge is -2.25. The van der Waals surface area contributed by atoms with Crippen LogP contribution in [0.2, 0.25) is 5.02 Å². The summed E-state index contributed by atoms with van der Waals surface area (Å²) in [6, 6.07) is 4.90. The second kappa shape index (κ2) is 5.35. The van der Waals surface area contributed by atoms with Crippen molar-refractivity contribution in [2.45, 2.75) is 6.10 Å². The Bertz CT molecular complexity index is 421. The van der Waals surface area contributed by atoms with Gasteiger partial charge in [0, 0.05) is 5.69 Å².